The summed E-state index contributed by atoms with van der Waals surface area (Å²) in [5, 5.41) is 0. The van der Waals surface area contributed by atoms with Crippen LogP contribution in [0.25, 0.3) is 0 Å². The van der Waals surface area contributed by atoms with Crippen LogP contribution in [0.4, 0.5) is 0 Å². The minimum absolute atomic E-state index is 0.0919. The van der Waals surface area contributed by atoms with Crippen LogP contribution in [0.2, 0.25) is 0 Å². The van der Waals surface area contributed by atoms with Crippen molar-refractivity contribution in [3.05, 3.63) is 0 Å². The van der Waals surface area contributed by atoms with E-state index in [2.05, 4.69) is 3.77 Å². The van der Waals surface area contributed by atoms with Crippen molar-refractivity contribution in [2.45, 2.75) is 32.1 Å². The Morgan fingerprint density at radius 2 is 1.80 bits per heavy atom. The molecule has 1 heterocycles. The number of nitrogens with zero attached hydrogens (tertiary/aromatic N) is 1. The maximum Gasteiger partial charge on any atom is 0.260 e. The van der Waals surface area contributed by atoms with Crippen molar-refractivity contribution in [1.82, 2.24) is 0 Å². The summed E-state index contributed by atoms with van der Waals surface area (Å²) in [4.78, 5) is 0. The Labute approximate surface area is 91.7 Å². The van der Waals surface area contributed by atoms with Crippen LogP contribution in [0, 0.1) is 5.92 Å². The minimum Gasteiger partial charge on any atom is -0.249 e. The summed E-state index contributed by atoms with van der Waals surface area (Å²) in [5.41, 5.74) is 0. The van der Waals surface area contributed by atoms with E-state index in [9.17, 15) is 12.6 Å². The smallest absolute Gasteiger partial charge is 0.249 e. The lowest BCUT2D eigenvalue weighted by Crippen LogP contribution is -2.10. The number of hydrogen-bond acceptors (Lipinski definition) is 3. The summed E-state index contributed by atoms with van der Waals surface area (Å²) >= 11 is 0. The normalized spacial score (nSPS) is 25.3. The molecule has 88 valence electrons. The molecule has 0 aromatic rings. The van der Waals surface area contributed by atoms with Gasteiger partial charge in [0.15, 0.2) is 0 Å². The molecule has 1 aliphatic heterocycles. The lowest BCUT2D eigenvalue weighted by Gasteiger charge is -2.01. The first-order valence-corrected chi connectivity index (χ1v) is 8.92. The fraction of sp³-hybridized carbons (Fsp3) is 1.00. The molecule has 0 radical (unpaired) electrons. The molecule has 0 N–H and O–H groups in total. The fourth-order valence-corrected chi connectivity index (χ4v) is 6.49. The highest BCUT2D eigenvalue weighted by atomic mass is 32.3. The van der Waals surface area contributed by atoms with Crippen LogP contribution in [0.5, 0.6) is 0 Å². The van der Waals surface area contributed by atoms with E-state index in [4.69, 9.17) is 0 Å². The Morgan fingerprint density at radius 1 is 1.20 bits per heavy atom. The van der Waals surface area contributed by atoms with E-state index in [0.717, 1.165) is 25.7 Å². The van der Waals surface area contributed by atoms with Gasteiger partial charge in [-0.3, -0.25) is 0 Å². The highest BCUT2D eigenvalue weighted by Crippen LogP contribution is 2.32. The van der Waals surface area contributed by atoms with Gasteiger partial charge in [0, 0.05) is 11.5 Å². The average molecular weight is 251 g/mol. The summed E-state index contributed by atoms with van der Waals surface area (Å²) in [6.07, 6.45) is 4.68. The van der Waals surface area contributed by atoms with Crippen LogP contribution in [0.3, 0.4) is 0 Å². The van der Waals surface area contributed by atoms with Gasteiger partial charge in [0.1, 0.15) is 0 Å². The molecular formula is C9H17NO3S2. The monoisotopic (exact) mass is 251 g/mol. The van der Waals surface area contributed by atoms with Gasteiger partial charge in [0.2, 0.25) is 0 Å². The molecule has 0 bridgehead atoms. The molecule has 1 aliphatic carbocycles. The summed E-state index contributed by atoms with van der Waals surface area (Å²) in [7, 11) is -5.83. The van der Waals surface area contributed by atoms with Gasteiger partial charge in [-0.2, -0.15) is 0 Å². The summed E-state index contributed by atoms with van der Waals surface area (Å²) in [6.45, 7) is 0. The van der Waals surface area contributed by atoms with Gasteiger partial charge < -0.3 is 0 Å². The molecule has 0 aromatic heterocycles. The maximum atomic E-state index is 11.9. The molecule has 1 saturated carbocycles. The van der Waals surface area contributed by atoms with Crippen molar-refractivity contribution in [3.8, 4) is 0 Å². The topological polar surface area (TPSA) is 63.6 Å². The molecular weight excluding hydrogens is 234 g/mol. The first-order chi connectivity index (χ1) is 6.99. The van der Waals surface area contributed by atoms with Gasteiger partial charge in [-0.1, -0.05) is 12.8 Å². The Hall–Kier alpha value is -0.100. The largest absolute Gasteiger partial charge is 0.260 e. The van der Waals surface area contributed by atoms with E-state index in [1.165, 1.54) is 0 Å². The van der Waals surface area contributed by atoms with E-state index in [1.807, 2.05) is 0 Å². The lowest BCUT2D eigenvalue weighted by atomic mass is 10.3. The van der Waals surface area contributed by atoms with Crippen molar-refractivity contribution >= 4 is 19.8 Å². The van der Waals surface area contributed by atoms with Crippen LogP contribution in [-0.4, -0.2) is 29.9 Å². The predicted molar refractivity (Wildman–Crippen MR) is 60.7 cm³/mol. The van der Waals surface area contributed by atoms with Crippen LogP contribution in [0.15, 0.2) is 3.77 Å². The SMILES string of the molecule is O=S(=O)(CCC1CC1)N=S1(=O)CCCC1. The van der Waals surface area contributed by atoms with Crippen molar-refractivity contribution in [2.75, 3.05) is 17.3 Å². The van der Waals surface area contributed by atoms with Crippen LogP contribution in [-0.2, 0) is 19.8 Å². The molecule has 2 aliphatic rings. The molecule has 0 unspecified atom stereocenters. The molecule has 2 rings (SSSR count). The molecule has 1 saturated heterocycles. The zero-order valence-electron chi connectivity index (χ0n) is 8.72. The van der Waals surface area contributed by atoms with Gasteiger partial charge in [-0.05, 0) is 25.2 Å². The molecule has 15 heavy (non-hydrogen) atoms. The molecule has 0 amide bonds. The third-order valence-corrected chi connectivity index (χ3v) is 7.51. The Balaban J connectivity index is 2.04. The number of hydrogen-bond donors (Lipinski definition) is 0. The van der Waals surface area contributed by atoms with Gasteiger partial charge in [0.25, 0.3) is 10.0 Å². The van der Waals surface area contributed by atoms with Crippen molar-refractivity contribution in [1.29, 1.82) is 0 Å². The maximum absolute atomic E-state index is 11.9. The highest BCUT2D eigenvalue weighted by molar-refractivity contribution is 8.03. The van der Waals surface area contributed by atoms with E-state index in [0.29, 0.717) is 23.8 Å². The second-order valence-electron chi connectivity index (χ2n) is 4.48. The molecule has 0 atom stereocenters. The standard InChI is InChI=1S/C9H17NO3S2/c11-14(6-1-2-7-14)10-15(12,13)8-5-9-3-4-9/h9H,1-8H2. The van der Waals surface area contributed by atoms with Crippen molar-refractivity contribution in [3.63, 3.8) is 0 Å². The van der Waals surface area contributed by atoms with Gasteiger partial charge in [0.05, 0.1) is 15.5 Å². The Kier molecular flexibility index (Phi) is 3.07. The van der Waals surface area contributed by atoms with Crippen molar-refractivity contribution < 1.29 is 12.6 Å². The van der Waals surface area contributed by atoms with Gasteiger partial charge >= 0.3 is 0 Å². The van der Waals surface area contributed by atoms with Crippen molar-refractivity contribution in [2.24, 2.45) is 9.69 Å². The first-order valence-electron chi connectivity index (χ1n) is 5.46. The quantitative estimate of drug-likeness (QED) is 0.758. The summed E-state index contributed by atoms with van der Waals surface area (Å²) < 4.78 is 38.7. The fourth-order valence-electron chi connectivity index (χ4n) is 1.80. The lowest BCUT2D eigenvalue weighted by molar-refractivity contribution is 0.592. The van der Waals surface area contributed by atoms with E-state index in [1.54, 1.807) is 0 Å². The number of rotatable bonds is 4. The predicted octanol–water partition coefficient (Wildman–Crippen LogP) is 1.38. The third kappa shape index (κ3) is 3.45. The van der Waals surface area contributed by atoms with Crippen LogP contribution >= 0.6 is 0 Å². The molecule has 0 spiro atoms. The minimum atomic E-state index is -3.43. The summed E-state index contributed by atoms with van der Waals surface area (Å²) in [5.74, 6) is 1.61. The Bertz CT molecular complexity index is 430. The second-order valence-corrected chi connectivity index (χ2v) is 9.01. The van der Waals surface area contributed by atoms with Gasteiger partial charge in [-0.15, -0.1) is 3.77 Å². The summed E-state index contributed by atoms with van der Waals surface area (Å²) in [6, 6.07) is 0. The van der Waals surface area contributed by atoms with Crippen LogP contribution < -0.4 is 0 Å². The van der Waals surface area contributed by atoms with E-state index in [-0.39, 0.29) is 5.75 Å². The molecule has 0 aromatic carbocycles. The van der Waals surface area contributed by atoms with Gasteiger partial charge in [-0.25, -0.2) is 12.6 Å². The zero-order valence-corrected chi connectivity index (χ0v) is 10.4. The molecule has 4 nitrogen and oxygen atoms in total. The Morgan fingerprint density at radius 3 is 2.33 bits per heavy atom. The molecule has 6 heteroatoms. The average Bonchev–Trinajstić information content (AvgIpc) is 2.86. The van der Waals surface area contributed by atoms with Crippen LogP contribution in [0.1, 0.15) is 32.1 Å². The van der Waals surface area contributed by atoms with E-state index >= 15 is 0 Å². The molecule has 2 fully saturated rings. The second kappa shape index (κ2) is 4.05. The van der Waals surface area contributed by atoms with E-state index < -0.39 is 19.8 Å². The zero-order chi connectivity index (χ0) is 10.9. The third-order valence-electron chi connectivity index (χ3n) is 2.91. The first kappa shape index (κ1) is 11.4. The highest BCUT2D eigenvalue weighted by Gasteiger charge is 2.25. The number of sulfonamides is 1.